The first-order chi connectivity index (χ1) is 23.3. The zero-order chi connectivity index (χ0) is 38.4. The lowest BCUT2D eigenvalue weighted by Gasteiger charge is -2.63. The van der Waals surface area contributed by atoms with Crippen molar-refractivity contribution in [2.24, 2.45) is 39.4 Å². The fraction of sp³-hybridized carbons (Fsp3) is 0.737. The molecule has 0 spiro atoms. The standard InChI is InChI=1S/C38H54O13/c1-18(40)51-33(2,3)13-12-25(42)38(9,48)30-21(41)15-35(6)24-11-10-19-20(37(24,8)26(43)16-36(30,35)7)14-22(31(47)34(19,4)5)49-32-29(46)28(45)27(44)23(17-39)50-32/h10,12-14,20-21,23-24,27-30,32,39,41,44-46,48H,11,15-17H2,1-9H3/b13-12+. The maximum absolute atomic E-state index is 14.8. The van der Waals surface area contributed by atoms with Crippen LogP contribution in [0, 0.1) is 39.4 Å². The van der Waals surface area contributed by atoms with E-state index in [2.05, 4.69) is 0 Å². The van der Waals surface area contributed by atoms with E-state index in [-0.39, 0.29) is 24.4 Å². The van der Waals surface area contributed by atoms with Crippen LogP contribution in [0.2, 0.25) is 0 Å². The molecule has 1 heterocycles. The molecular weight excluding hydrogens is 664 g/mol. The predicted octanol–water partition coefficient (Wildman–Crippen LogP) is 1.45. The van der Waals surface area contributed by atoms with Gasteiger partial charge in [-0.05, 0) is 82.4 Å². The van der Waals surface area contributed by atoms with Gasteiger partial charge in [-0.15, -0.1) is 0 Å². The van der Waals surface area contributed by atoms with Crippen LogP contribution in [-0.4, -0.2) is 109 Å². The summed E-state index contributed by atoms with van der Waals surface area (Å²) in [5.41, 5.74) is -6.62. The summed E-state index contributed by atoms with van der Waals surface area (Å²) in [5, 5.41) is 64.6. The van der Waals surface area contributed by atoms with Gasteiger partial charge in [-0.3, -0.25) is 19.2 Å². The van der Waals surface area contributed by atoms with Gasteiger partial charge in [-0.1, -0.05) is 32.4 Å². The predicted molar refractivity (Wildman–Crippen MR) is 180 cm³/mol. The summed E-state index contributed by atoms with van der Waals surface area (Å²) in [6.45, 7) is 14.2. The van der Waals surface area contributed by atoms with Crippen molar-refractivity contribution >= 4 is 23.3 Å². The molecule has 5 aliphatic rings. The van der Waals surface area contributed by atoms with Crippen LogP contribution in [0.5, 0.6) is 0 Å². The molecular formula is C38H54O13. The van der Waals surface area contributed by atoms with Gasteiger partial charge in [0.1, 0.15) is 41.4 Å². The molecule has 0 amide bonds. The summed E-state index contributed by atoms with van der Waals surface area (Å²) in [4.78, 5) is 53.9. The summed E-state index contributed by atoms with van der Waals surface area (Å²) in [5.74, 6) is -4.17. The highest BCUT2D eigenvalue weighted by atomic mass is 16.7. The number of fused-ring (bicyclic) bond motifs is 5. The van der Waals surface area contributed by atoms with Crippen LogP contribution in [0.4, 0.5) is 0 Å². The van der Waals surface area contributed by atoms with Crippen molar-refractivity contribution in [2.75, 3.05) is 6.61 Å². The highest BCUT2D eigenvalue weighted by Crippen LogP contribution is 2.73. The van der Waals surface area contributed by atoms with E-state index >= 15 is 0 Å². The molecule has 6 N–H and O–H groups in total. The van der Waals surface area contributed by atoms with Crippen molar-refractivity contribution in [2.45, 2.75) is 130 Å². The Labute approximate surface area is 298 Å². The normalized spacial score (nSPS) is 43.3. The topological polar surface area (TPSA) is 217 Å². The average molecular weight is 719 g/mol. The molecule has 0 aromatic heterocycles. The lowest BCUT2D eigenvalue weighted by atomic mass is 9.39. The molecule has 0 radical (unpaired) electrons. The number of ether oxygens (including phenoxy) is 3. The molecule has 0 aromatic rings. The van der Waals surface area contributed by atoms with Crippen molar-refractivity contribution in [3.63, 3.8) is 0 Å². The maximum Gasteiger partial charge on any atom is 0.303 e. The van der Waals surface area contributed by atoms with E-state index in [9.17, 15) is 49.8 Å². The first-order valence-corrected chi connectivity index (χ1v) is 17.6. The van der Waals surface area contributed by atoms with E-state index in [1.807, 2.05) is 26.8 Å². The fourth-order valence-electron chi connectivity index (χ4n) is 10.3. The van der Waals surface area contributed by atoms with Gasteiger partial charge in [0.2, 0.25) is 12.1 Å². The fourth-order valence-corrected chi connectivity index (χ4v) is 10.3. The Kier molecular flexibility index (Phi) is 9.80. The zero-order valence-electron chi connectivity index (χ0n) is 30.9. The van der Waals surface area contributed by atoms with Crippen LogP contribution < -0.4 is 0 Å². The van der Waals surface area contributed by atoms with Gasteiger partial charge in [-0.25, -0.2) is 0 Å². The summed E-state index contributed by atoms with van der Waals surface area (Å²) in [6, 6.07) is 0. The average Bonchev–Trinajstić information content (AvgIpc) is 3.22. The van der Waals surface area contributed by atoms with Crippen molar-refractivity contribution in [1.82, 2.24) is 0 Å². The monoisotopic (exact) mass is 718 g/mol. The van der Waals surface area contributed by atoms with Crippen molar-refractivity contribution in [3.05, 3.63) is 35.6 Å². The molecule has 4 aliphatic carbocycles. The lowest BCUT2D eigenvalue weighted by Crippen LogP contribution is -2.64. The number of carbonyl (C=O) groups is 4. The van der Waals surface area contributed by atoms with Gasteiger partial charge in [0.05, 0.1) is 18.1 Å². The maximum atomic E-state index is 14.8. The largest absolute Gasteiger partial charge is 0.459 e. The van der Waals surface area contributed by atoms with E-state index in [1.54, 1.807) is 33.8 Å². The van der Waals surface area contributed by atoms with Crippen LogP contribution in [-0.2, 0) is 33.4 Å². The Bertz CT molecular complexity index is 1570. The smallest absolute Gasteiger partial charge is 0.303 e. The first kappa shape index (κ1) is 39.4. The number of rotatable bonds is 8. The zero-order valence-corrected chi connectivity index (χ0v) is 30.9. The van der Waals surface area contributed by atoms with Gasteiger partial charge >= 0.3 is 5.97 Å². The van der Waals surface area contributed by atoms with E-state index < -0.39 is 112 Å². The number of Topliss-reactive ketones (excluding diaryl/α,β-unsaturated/α-hetero) is 2. The van der Waals surface area contributed by atoms with Gasteiger partial charge < -0.3 is 44.8 Å². The van der Waals surface area contributed by atoms with E-state index in [0.717, 1.165) is 6.08 Å². The third-order valence-corrected chi connectivity index (χ3v) is 13.3. The number of carbonyl (C=O) groups excluding carboxylic acids is 4. The van der Waals surface area contributed by atoms with Gasteiger partial charge in [0.25, 0.3) is 0 Å². The summed E-state index contributed by atoms with van der Waals surface area (Å²) in [6.07, 6.45) is -2.57. The summed E-state index contributed by atoms with van der Waals surface area (Å²) >= 11 is 0. The quantitative estimate of drug-likeness (QED) is 0.119. The molecule has 284 valence electrons. The highest BCUT2D eigenvalue weighted by molar-refractivity contribution is 6.02. The third-order valence-electron chi connectivity index (χ3n) is 13.3. The number of ketones is 3. The third kappa shape index (κ3) is 5.87. The van der Waals surface area contributed by atoms with E-state index in [1.165, 1.54) is 19.9 Å². The van der Waals surface area contributed by atoms with Crippen LogP contribution in [0.15, 0.2) is 35.6 Å². The van der Waals surface area contributed by atoms with Crippen molar-refractivity contribution in [1.29, 1.82) is 0 Å². The van der Waals surface area contributed by atoms with Gasteiger partial charge in [-0.2, -0.15) is 0 Å². The number of aliphatic hydroxyl groups excluding tert-OH is 5. The Morgan fingerprint density at radius 2 is 1.63 bits per heavy atom. The minimum Gasteiger partial charge on any atom is -0.459 e. The van der Waals surface area contributed by atoms with E-state index in [4.69, 9.17) is 14.2 Å². The molecule has 13 atom stereocenters. The molecule has 5 rings (SSSR count). The lowest BCUT2D eigenvalue weighted by molar-refractivity contribution is -0.291. The first-order valence-electron chi connectivity index (χ1n) is 17.6. The Hall–Kier alpha value is -2.78. The molecule has 13 nitrogen and oxygen atoms in total. The number of aliphatic hydroxyl groups is 6. The Morgan fingerprint density at radius 1 is 1.00 bits per heavy atom. The highest BCUT2D eigenvalue weighted by Gasteiger charge is 2.74. The van der Waals surface area contributed by atoms with Crippen LogP contribution in [0.1, 0.15) is 81.6 Å². The van der Waals surface area contributed by atoms with Crippen LogP contribution >= 0.6 is 0 Å². The molecule has 13 heteroatoms. The number of allylic oxidation sites excluding steroid dienone is 4. The molecule has 13 unspecified atom stereocenters. The number of hydrogen-bond donors (Lipinski definition) is 6. The minimum atomic E-state index is -2.09. The second-order valence-electron chi connectivity index (χ2n) is 17.2. The second-order valence-corrected chi connectivity index (χ2v) is 17.2. The number of esters is 1. The Morgan fingerprint density at radius 3 is 2.22 bits per heavy atom. The summed E-state index contributed by atoms with van der Waals surface area (Å²) in [7, 11) is 0. The number of hydrogen-bond acceptors (Lipinski definition) is 13. The molecule has 2 saturated carbocycles. The van der Waals surface area contributed by atoms with Gasteiger partial charge in [0.15, 0.2) is 11.5 Å². The van der Waals surface area contributed by atoms with Crippen LogP contribution in [0.3, 0.4) is 0 Å². The van der Waals surface area contributed by atoms with Crippen molar-refractivity contribution < 1.29 is 64.0 Å². The Balaban J connectivity index is 1.52. The molecule has 3 fully saturated rings. The van der Waals surface area contributed by atoms with Crippen molar-refractivity contribution in [3.8, 4) is 0 Å². The molecule has 51 heavy (non-hydrogen) atoms. The van der Waals surface area contributed by atoms with E-state index in [0.29, 0.717) is 12.0 Å². The second kappa shape index (κ2) is 12.7. The van der Waals surface area contributed by atoms with Gasteiger partial charge in [0, 0.05) is 30.6 Å². The molecule has 0 bridgehead atoms. The molecule has 1 aliphatic heterocycles. The SMILES string of the molecule is CC(=O)OC(C)(C)/C=C/C(=O)C(C)(O)C1C(O)CC2(C)C3CC=C4C(C=C(OC5OC(CO)C(O)C(O)C5O)C(=O)C4(C)C)C3(C)C(=O)CC12C. The van der Waals surface area contributed by atoms with Crippen LogP contribution in [0.25, 0.3) is 0 Å². The summed E-state index contributed by atoms with van der Waals surface area (Å²) < 4.78 is 16.7. The minimum absolute atomic E-state index is 0.0841. The molecule has 0 aromatic carbocycles. The molecule has 1 saturated heterocycles.